The molecular weight excluding hydrogens is 423 g/mol. The van der Waals surface area contributed by atoms with Crippen LogP contribution in [0.2, 0.25) is 10.0 Å². The molecule has 10 heteroatoms. The molecule has 3 rings (SSSR count). The van der Waals surface area contributed by atoms with E-state index in [1.807, 2.05) is 0 Å². The molecule has 0 saturated carbocycles. The second-order valence-corrected chi connectivity index (χ2v) is 6.66. The van der Waals surface area contributed by atoms with Crippen molar-refractivity contribution in [2.45, 2.75) is 0 Å². The van der Waals surface area contributed by atoms with Crippen LogP contribution in [0.4, 0.5) is 0 Å². The molecule has 0 aliphatic rings. The maximum Gasteiger partial charge on any atom is 0.216 e. The van der Waals surface area contributed by atoms with Crippen molar-refractivity contribution in [3.63, 3.8) is 0 Å². The highest BCUT2D eigenvalue weighted by molar-refractivity contribution is 7.71. The molecule has 146 valence electrons. The number of H-pyrrole nitrogens is 1. The minimum atomic E-state index is 0.295. The Labute approximate surface area is 176 Å². The van der Waals surface area contributed by atoms with Crippen molar-refractivity contribution >= 4 is 41.6 Å². The highest BCUT2D eigenvalue weighted by Gasteiger charge is 2.17. The van der Waals surface area contributed by atoms with Gasteiger partial charge in [0.2, 0.25) is 10.5 Å². The van der Waals surface area contributed by atoms with E-state index in [9.17, 15) is 0 Å². The van der Waals surface area contributed by atoms with Crippen molar-refractivity contribution in [1.82, 2.24) is 14.9 Å². The molecular formula is C18H16Cl2N4O3S. The van der Waals surface area contributed by atoms with Crippen molar-refractivity contribution in [3.8, 4) is 28.6 Å². The fraction of sp³-hybridized carbons (Fsp3) is 0.167. The Morgan fingerprint density at radius 1 is 1.07 bits per heavy atom. The molecule has 0 radical (unpaired) electrons. The summed E-state index contributed by atoms with van der Waals surface area (Å²) >= 11 is 17.7. The van der Waals surface area contributed by atoms with Gasteiger partial charge < -0.3 is 14.2 Å². The Bertz CT molecular complexity index is 1050. The van der Waals surface area contributed by atoms with E-state index >= 15 is 0 Å². The van der Waals surface area contributed by atoms with E-state index in [-0.39, 0.29) is 0 Å². The van der Waals surface area contributed by atoms with Gasteiger partial charge in [0.1, 0.15) is 0 Å². The van der Waals surface area contributed by atoms with Crippen molar-refractivity contribution < 1.29 is 14.2 Å². The largest absolute Gasteiger partial charge is 0.493 e. The van der Waals surface area contributed by atoms with Gasteiger partial charge in [-0.25, -0.2) is 5.10 Å². The molecule has 2 aromatic carbocycles. The molecule has 0 aliphatic carbocycles. The summed E-state index contributed by atoms with van der Waals surface area (Å²) in [5.41, 5.74) is 1.23. The van der Waals surface area contributed by atoms with Crippen LogP contribution in [0.25, 0.3) is 11.4 Å². The lowest BCUT2D eigenvalue weighted by molar-refractivity contribution is 0.324. The number of aromatic nitrogens is 3. The SMILES string of the molecule is COc1cc(-c2n[nH]c(=S)n2N=Cc2c(Cl)cccc2Cl)cc(OC)c1OC. The predicted octanol–water partition coefficient (Wildman–Crippen LogP) is 4.82. The minimum absolute atomic E-state index is 0.295. The number of hydrogen-bond donors (Lipinski definition) is 1. The average Bonchev–Trinajstić information content (AvgIpc) is 3.06. The molecule has 1 aromatic heterocycles. The zero-order valence-corrected chi connectivity index (χ0v) is 17.5. The molecule has 0 spiro atoms. The van der Waals surface area contributed by atoms with Crippen LogP contribution in [0.15, 0.2) is 35.4 Å². The van der Waals surface area contributed by atoms with Gasteiger partial charge in [0.05, 0.1) is 37.6 Å². The van der Waals surface area contributed by atoms with Gasteiger partial charge >= 0.3 is 0 Å². The molecule has 0 saturated heterocycles. The fourth-order valence-corrected chi connectivity index (χ4v) is 3.22. The van der Waals surface area contributed by atoms with E-state index in [1.165, 1.54) is 32.2 Å². The molecule has 0 aliphatic heterocycles. The van der Waals surface area contributed by atoms with Gasteiger partial charge in [-0.2, -0.15) is 14.9 Å². The maximum atomic E-state index is 6.20. The van der Waals surface area contributed by atoms with Gasteiger partial charge in [0, 0.05) is 11.1 Å². The number of hydrogen-bond acceptors (Lipinski definition) is 6. The van der Waals surface area contributed by atoms with Crippen LogP contribution in [-0.4, -0.2) is 42.4 Å². The average molecular weight is 439 g/mol. The molecule has 7 nitrogen and oxygen atoms in total. The second kappa shape index (κ2) is 8.64. The predicted molar refractivity (Wildman–Crippen MR) is 112 cm³/mol. The highest BCUT2D eigenvalue weighted by atomic mass is 35.5. The van der Waals surface area contributed by atoms with Crippen molar-refractivity contribution in [2.24, 2.45) is 5.10 Å². The molecule has 0 fully saturated rings. The van der Waals surface area contributed by atoms with Crippen molar-refractivity contribution in [1.29, 1.82) is 0 Å². The van der Waals surface area contributed by atoms with Gasteiger partial charge in [-0.05, 0) is 36.5 Å². The number of aromatic amines is 1. The Morgan fingerprint density at radius 3 is 2.21 bits per heavy atom. The van der Waals surface area contributed by atoms with E-state index in [4.69, 9.17) is 49.6 Å². The molecule has 28 heavy (non-hydrogen) atoms. The highest BCUT2D eigenvalue weighted by Crippen LogP contribution is 2.40. The smallest absolute Gasteiger partial charge is 0.216 e. The summed E-state index contributed by atoms with van der Waals surface area (Å²) in [5, 5.41) is 12.3. The Balaban J connectivity index is 2.12. The van der Waals surface area contributed by atoms with Crippen LogP contribution in [0.5, 0.6) is 17.2 Å². The normalized spacial score (nSPS) is 11.0. The monoisotopic (exact) mass is 438 g/mol. The molecule has 1 heterocycles. The van der Waals surface area contributed by atoms with Gasteiger partial charge in [-0.15, -0.1) is 0 Å². The first-order chi connectivity index (χ1) is 13.5. The van der Waals surface area contributed by atoms with Crippen molar-refractivity contribution in [2.75, 3.05) is 21.3 Å². The molecule has 1 N–H and O–H groups in total. The summed E-state index contributed by atoms with van der Waals surface area (Å²) in [5.74, 6) is 1.88. The molecule has 0 bridgehead atoms. The first-order valence-electron chi connectivity index (χ1n) is 7.96. The Hall–Kier alpha value is -2.55. The number of nitrogens with one attached hydrogen (secondary N) is 1. The first-order valence-corrected chi connectivity index (χ1v) is 9.12. The summed E-state index contributed by atoms with van der Waals surface area (Å²) in [6, 6.07) is 8.71. The van der Waals surface area contributed by atoms with E-state index in [0.29, 0.717) is 49.0 Å². The minimum Gasteiger partial charge on any atom is -0.493 e. The first kappa shape index (κ1) is 20.2. The lowest BCUT2D eigenvalue weighted by atomic mass is 10.1. The molecule has 0 atom stereocenters. The van der Waals surface area contributed by atoms with Gasteiger partial charge in [0.25, 0.3) is 0 Å². The van der Waals surface area contributed by atoms with Crippen LogP contribution in [0.1, 0.15) is 5.56 Å². The van der Waals surface area contributed by atoms with E-state index in [1.54, 1.807) is 30.3 Å². The summed E-state index contributed by atoms with van der Waals surface area (Å²) in [4.78, 5) is 0. The fourth-order valence-electron chi connectivity index (χ4n) is 2.55. The third-order valence-corrected chi connectivity index (χ3v) is 4.80. The topological polar surface area (TPSA) is 73.7 Å². The van der Waals surface area contributed by atoms with E-state index in [0.717, 1.165) is 0 Å². The lowest BCUT2D eigenvalue weighted by Crippen LogP contribution is -1.99. The van der Waals surface area contributed by atoms with E-state index in [2.05, 4.69) is 15.3 Å². The number of benzene rings is 2. The van der Waals surface area contributed by atoms with Crippen LogP contribution in [0.3, 0.4) is 0 Å². The summed E-state index contributed by atoms with van der Waals surface area (Å²) in [6.45, 7) is 0. The quantitative estimate of drug-likeness (QED) is 0.440. The molecule has 0 amide bonds. The second-order valence-electron chi connectivity index (χ2n) is 5.46. The van der Waals surface area contributed by atoms with Gasteiger partial charge in [-0.1, -0.05) is 29.3 Å². The lowest BCUT2D eigenvalue weighted by Gasteiger charge is -2.13. The summed E-state index contributed by atoms with van der Waals surface area (Å²) in [6.07, 6.45) is 1.53. The van der Waals surface area contributed by atoms with Crippen LogP contribution in [-0.2, 0) is 0 Å². The number of nitrogens with zero attached hydrogens (tertiary/aromatic N) is 3. The maximum absolute atomic E-state index is 6.20. The van der Waals surface area contributed by atoms with E-state index < -0.39 is 0 Å². The molecule has 3 aromatic rings. The number of ether oxygens (including phenoxy) is 3. The van der Waals surface area contributed by atoms with Crippen molar-refractivity contribution in [3.05, 3.63) is 50.7 Å². The van der Waals surface area contributed by atoms with Crippen LogP contribution >= 0.6 is 35.4 Å². The van der Waals surface area contributed by atoms with Crippen LogP contribution < -0.4 is 14.2 Å². The van der Waals surface area contributed by atoms with Gasteiger partial charge in [-0.3, -0.25) is 0 Å². The Kier molecular flexibility index (Phi) is 6.23. The third-order valence-electron chi connectivity index (χ3n) is 3.88. The summed E-state index contributed by atoms with van der Waals surface area (Å²) in [7, 11) is 4.61. The van der Waals surface area contributed by atoms with Gasteiger partial charge in [0.15, 0.2) is 17.3 Å². The third kappa shape index (κ3) is 3.84. The number of halogens is 2. The molecule has 0 unspecified atom stereocenters. The number of methoxy groups -OCH3 is 3. The number of rotatable bonds is 6. The standard InChI is InChI=1S/C18H16Cl2N4O3S/c1-25-14-7-10(8-15(26-2)16(14)27-3)17-22-23-18(28)24(17)21-9-11-12(19)5-4-6-13(11)20/h4-9H,1-3H3,(H,23,28). The van der Waals surface area contributed by atoms with Crippen LogP contribution in [0, 0.1) is 4.77 Å². The Morgan fingerprint density at radius 2 is 1.68 bits per heavy atom. The zero-order valence-electron chi connectivity index (χ0n) is 15.2. The zero-order chi connectivity index (χ0) is 20.3. The summed E-state index contributed by atoms with van der Waals surface area (Å²) < 4.78 is 17.9.